The molecule has 0 saturated heterocycles. The van der Waals surface area contributed by atoms with E-state index in [1.807, 2.05) is 24.3 Å². The second-order valence-corrected chi connectivity index (χ2v) is 5.14. The zero-order chi connectivity index (χ0) is 15.0. The summed E-state index contributed by atoms with van der Waals surface area (Å²) in [7, 11) is 2.07. The highest BCUT2D eigenvalue weighted by Gasteiger charge is 2.08. The van der Waals surface area contributed by atoms with E-state index in [4.69, 9.17) is 0 Å². The Morgan fingerprint density at radius 3 is 2.27 bits per heavy atom. The van der Waals surface area contributed by atoms with Crippen molar-refractivity contribution < 1.29 is 4.79 Å². The molecule has 0 aliphatic carbocycles. The fourth-order valence-electron chi connectivity index (χ4n) is 2.10. The Bertz CT molecular complexity index is 412. The minimum atomic E-state index is -0.0144. The number of hydrogen-bond donors (Lipinski definition) is 2. The van der Waals surface area contributed by atoms with Crippen molar-refractivity contribution in [1.29, 1.82) is 0 Å². The third-order valence-corrected chi connectivity index (χ3v) is 3.25. The van der Waals surface area contributed by atoms with Gasteiger partial charge in [0.15, 0.2) is 0 Å². The molecule has 6 heteroatoms. The molecule has 0 aliphatic rings. The van der Waals surface area contributed by atoms with E-state index in [1.54, 1.807) is 0 Å². The van der Waals surface area contributed by atoms with Crippen molar-refractivity contribution in [3.05, 3.63) is 29.8 Å². The van der Waals surface area contributed by atoms with Gasteiger partial charge < -0.3 is 15.5 Å². The molecule has 1 amide bonds. The summed E-state index contributed by atoms with van der Waals surface area (Å²) in [6.07, 6.45) is 1.11. The lowest BCUT2D eigenvalue weighted by molar-refractivity contribution is 0.0950. The van der Waals surface area contributed by atoms with Crippen LogP contribution < -0.4 is 15.5 Å². The number of carbonyl (C=O) groups is 1. The first-order valence-electron chi connectivity index (χ1n) is 7.41. The van der Waals surface area contributed by atoms with Crippen molar-refractivity contribution >= 4 is 36.4 Å². The molecule has 2 N–H and O–H groups in total. The van der Waals surface area contributed by atoms with Crippen LogP contribution in [0.4, 0.5) is 5.69 Å². The van der Waals surface area contributed by atoms with Crippen LogP contribution >= 0.6 is 24.8 Å². The van der Waals surface area contributed by atoms with E-state index in [9.17, 15) is 4.79 Å². The van der Waals surface area contributed by atoms with Gasteiger partial charge in [0.2, 0.25) is 0 Å². The van der Waals surface area contributed by atoms with Gasteiger partial charge in [0, 0.05) is 37.4 Å². The fraction of sp³-hybridized carbons (Fsp3) is 0.562. The van der Waals surface area contributed by atoms with Gasteiger partial charge in [-0.25, -0.2) is 0 Å². The Morgan fingerprint density at radius 2 is 1.77 bits per heavy atom. The number of benzene rings is 1. The van der Waals surface area contributed by atoms with Gasteiger partial charge >= 0.3 is 0 Å². The van der Waals surface area contributed by atoms with E-state index < -0.39 is 0 Å². The maximum absolute atomic E-state index is 12.0. The number of carbonyl (C=O) groups excluding carboxylic acids is 1. The molecule has 0 unspecified atom stereocenters. The van der Waals surface area contributed by atoms with E-state index >= 15 is 0 Å². The van der Waals surface area contributed by atoms with Crippen molar-refractivity contribution in [2.24, 2.45) is 0 Å². The van der Waals surface area contributed by atoms with E-state index in [0.717, 1.165) is 25.2 Å². The van der Waals surface area contributed by atoms with Crippen LogP contribution in [0.5, 0.6) is 0 Å². The van der Waals surface area contributed by atoms with E-state index in [1.165, 1.54) is 0 Å². The van der Waals surface area contributed by atoms with Gasteiger partial charge in [0.1, 0.15) is 0 Å². The monoisotopic (exact) mass is 349 g/mol. The van der Waals surface area contributed by atoms with Crippen LogP contribution in [0.1, 0.15) is 37.6 Å². The van der Waals surface area contributed by atoms with E-state index in [2.05, 4.69) is 43.4 Å². The molecule has 0 aliphatic heterocycles. The van der Waals surface area contributed by atoms with E-state index in [0.29, 0.717) is 18.2 Å². The van der Waals surface area contributed by atoms with Gasteiger partial charge in [-0.3, -0.25) is 4.79 Å². The largest absolute Gasteiger partial charge is 0.375 e. The predicted molar refractivity (Wildman–Crippen MR) is 100.0 cm³/mol. The van der Waals surface area contributed by atoms with Crippen LogP contribution in [-0.2, 0) is 0 Å². The summed E-state index contributed by atoms with van der Waals surface area (Å²) in [5, 5.41) is 6.21. The summed E-state index contributed by atoms with van der Waals surface area (Å²) in [6, 6.07) is 8.05. The number of amides is 1. The first-order chi connectivity index (χ1) is 9.58. The SMILES string of the molecule is CCCN(C)c1ccc(C(=O)NC[C@@H](C)NCC)cc1.Cl.Cl. The third-order valence-electron chi connectivity index (χ3n) is 3.25. The topological polar surface area (TPSA) is 44.4 Å². The Labute approximate surface area is 146 Å². The van der Waals surface area contributed by atoms with E-state index in [-0.39, 0.29) is 30.7 Å². The molecule has 0 heterocycles. The fourth-order valence-corrected chi connectivity index (χ4v) is 2.10. The van der Waals surface area contributed by atoms with Crippen LogP contribution in [0.2, 0.25) is 0 Å². The van der Waals surface area contributed by atoms with Crippen LogP contribution in [-0.4, -0.2) is 38.6 Å². The van der Waals surface area contributed by atoms with Crippen LogP contribution in [0, 0.1) is 0 Å². The van der Waals surface area contributed by atoms with Crippen molar-refractivity contribution in [1.82, 2.24) is 10.6 Å². The van der Waals surface area contributed by atoms with Crippen LogP contribution in [0.25, 0.3) is 0 Å². The number of hydrogen-bond acceptors (Lipinski definition) is 3. The summed E-state index contributed by atoms with van der Waals surface area (Å²) in [4.78, 5) is 14.2. The average molecular weight is 350 g/mol. The predicted octanol–water partition coefficient (Wildman–Crippen LogP) is 3.10. The van der Waals surface area contributed by atoms with Crippen molar-refractivity contribution in [2.75, 3.05) is 31.6 Å². The standard InChI is InChI=1S/C16H27N3O.2ClH/c1-5-11-19(4)15-9-7-14(8-10-15)16(20)18-12-13(3)17-6-2;;/h7-10,13,17H,5-6,11-12H2,1-4H3,(H,18,20);2*1H/t13-;;/m1../s1. The maximum atomic E-state index is 12.0. The van der Waals surface area contributed by atoms with Gasteiger partial charge in [0.25, 0.3) is 5.91 Å². The van der Waals surface area contributed by atoms with Crippen molar-refractivity contribution in [3.8, 4) is 0 Å². The Kier molecular flexibility index (Phi) is 13.3. The van der Waals surface area contributed by atoms with Gasteiger partial charge in [0.05, 0.1) is 0 Å². The summed E-state index contributed by atoms with van der Waals surface area (Å²) >= 11 is 0. The molecule has 0 bridgehead atoms. The summed E-state index contributed by atoms with van der Waals surface area (Å²) in [5.41, 5.74) is 1.85. The lowest BCUT2D eigenvalue weighted by atomic mass is 10.1. The number of halogens is 2. The molecule has 128 valence electrons. The first-order valence-corrected chi connectivity index (χ1v) is 7.41. The molecule has 1 aromatic rings. The highest BCUT2D eigenvalue weighted by atomic mass is 35.5. The zero-order valence-electron chi connectivity index (χ0n) is 13.9. The maximum Gasteiger partial charge on any atom is 0.251 e. The average Bonchev–Trinajstić information content (AvgIpc) is 2.45. The molecule has 1 aromatic carbocycles. The number of nitrogens with one attached hydrogen (secondary N) is 2. The number of anilines is 1. The molecule has 0 saturated carbocycles. The molecule has 1 rings (SSSR count). The zero-order valence-corrected chi connectivity index (χ0v) is 15.5. The molecule has 22 heavy (non-hydrogen) atoms. The Morgan fingerprint density at radius 1 is 1.18 bits per heavy atom. The Balaban J connectivity index is 0. The molecule has 0 spiro atoms. The summed E-state index contributed by atoms with van der Waals surface area (Å²) in [6.45, 7) is 8.85. The molecule has 1 atom stereocenters. The lowest BCUT2D eigenvalue weighted by Crippen LogP contribution is -2.38. The Hall–Kier alpha value is -0.970. The smallest absolute Gasteiger partial charge is 0.251 e. The minimum absolute atomic E-state index is 0. The summed E-state index contributed by atoms with van der Waals surface area (Å²) < 4.78 is 0. The second kappa shape index (κ2) is 12.6. The quantitative estimate of drug-likeness (QED) is 0.757. The highest BCUT2D eigenvalue weighted by molar-refractivity contribution is 5.94. The minimum Gasteiger partial charge on any atom is -0.375 e. The normalized spacial score (nSPS) is 10.9. The molecular formula is C16H29Cl2N3O. The summed E-state index contributed by atoms with van der Waals surface area (Å²) in [5.74, 6) is -0.0144. The number of rotatable bonds is 8. The molecule has 0 radical (unpaired) electrons. The van der Waals surface area contributed by atoms with Crippen LogP contribution in [0.15, 0.2) is 24.3 Å². The number of likely N-dealkylation sites (N-methyl/N-ethyl adjacent to an activating group) is 1. The van der Waals surface area contributed by atoms with Crippen LogP contribution in [0.3, 0.4) is 0 Å². The highest BCUT2D eigenvalue weighted by Crippen LogP contribution is 2.14. The van der Waals surface area contributed by atoms with Gasteiger partial charge in [-0.05, 0) is 44.2 Å². The molecular weight excluding hydrogens is 321 g/mol. The van der Waals surface area contributed by atoms with Gasteiger partial charge in [-0.2, -0.15) is 0 Å². The number of nitrogens with zero attached hydrogens (tertiary/aromatic N) is 1. The van der Waals surface area contributed by atoms with Gasteiger partial charge in [-0.15, -0.1) is 24.8 Å². The van der Waals surface area contributed by atoms with Gasteiger partial charge in [-0.1, -0.05) is 13.8 Å². The lowest BCUT2D eigenvalue weighted by Gasteiger charge is -2.18. The third kappa shape index (κ3) is 7.87. The molecule has 4 nitrogen and oxygen atoms in total. The molecule has 0 fully saturated rings. The molecule has 0 aromatic heterocycles. The van der Waals surface area contributed by atoms with Crippen molar-refractivity contribution in [2.45, 2.75) is 33.2 Å². The second-order valence-electron chi connectivity index (χ2n) is 5.14. The first kappa shape index (κ1) is 23.3. The van der Waals surface area contributed by atoms with Crippen molar-refractivity contribution in [3.63, 3.8) is 0 Å².